The van der Waals surface area contributed by atoms with Gasteiger partial charge in [-0.3, -0.25) is 9.59 Å². The van der Waals surface area contributed by atoms with E-state index in [-0.39, 0.29) is 29.6 Å². The molecule has 1 saturated heterocycles. The summed E-state index contributed by atoms with van der Waals surface area (Å²) in [6, 6.07) is 15.4. The van der Waals surface area contributed by atoms with E-state index in [1.807, 2.05) is 37.3 Å². The number of nitrogens with zero attached hydrogens (tertiary/aromatic N) is 1. The maximum Gasteiger partial charge on any atom is 0.253 e. The van der Waals surface area contributed by atoms with Gasteiger partial charge in [-0.05, 0) is 49.6 Å². The highest BCUT2D eigenvalue weighted by molar-refractivity contribution is 5.94. The van der Waals surface area contributed by atoms with Crippen LogP contribution in [0.4, 0.5) is 4.39 Å². The molecule has 136 valence electrons. The second-order valence-electron chi connectivity index (χ2n) is 6.71. The van der Waals surface area contributed by atoms with Crippen molar-refractivity contribution in [2.45, 2.75) is 25.8 Å². The van der Waals surface area contributed by atoms with Gasteiger partial charge < -0.3 is 10.2 Å². The molecule has 0 radical (unpaired) electrons. The van der Waals surface area contributed by atoms with Crippen LogP contribution in [0.25, 0.3) is 0 Å². The number of rotatable bonds is 4. The lowest BCUT2D eigenvalue weighted by molar-refractivity contribution is -0.126. The Morgan fingerprint density at radius 1 is 1.04 bits per heavy atom. The van der Waals surface area contributed by atoms with E-state index in [0.29, 0.717) is 31.5 Å². The molecule has 0 aliphatic carbocycles. The Labute approximate surface area is 153 Å². The Morgan fingerprint density at radius 3 is 2.27 bits per heavy atom. The number of halogens is 1. The molecule has 0 bridgehead atoms. The lowest BCUT2D eigenvalue weighted by Crippen LogP contribution is -2.43. The van der Waals surface area contributed by atoms with Crippen LogP contribution in [0.1, 0.15) is 41.7 Å². The summed E-state index contributed by atoms with van der Waals surface area (Å²) in [5, 5.41) is 3.06. The summed E-state index contributed by atoms with van der Waals surface area (Å²) < 4.78 is 13.0. The van der Waals surface area contributed by atoms with Crippen LogP contribution in [-0.2, 0) is 4.79 Å². The van der Waals surface area contributed by atoms with Gasteiger partial charge in [0, 0.05) is 24.6 Å². The summed E-state index contributed by atoms with van der Waals surface area (Å²) >= 11 is 0. The average molecular weight is 354 g/mol. The normalized spacial score (nSPS) is 16.2. The van der Waals surface area contributed by atoms with Crippen molar-refractivity contribution in [2.75, 3.05) is 13.1 Å². The molecule has 1 N–H and O–H groups in total. The Kier molecular flexibility index (Phi) is 5.66. The average Bonchev–Trinajstić information content (AvgIpc) is 2.69. The van der Waals surface area contributed by atoms with Crippen LogP contribution in [-0.4, -0.2) is 29.8 Å². The first-order valence-corrected chi connectivity index (χ1v) is 8.95. The summed E-state index contributed by atoms with van der Waals surface area (Å²) in [6.07, 6.45) is 1.28. The molecule has 1 atom stereocenters. The van der Waals surface area contributed by atoms with E-state index in [2.05, 4.69) is 5.32 Å². The summed E-state index contributed by atoms with van der Waals surface area (Å²) in [7, 11) is 0. The van der Waals surface area contributed by atoms with Crippen molar-refractivity contribution in [1.82, 2.24) is 10.2 Å². The molecule has 1 fully saturated rings. The van der Waals surface area contributed by atoms with Gasteiger partial charge in [0.25, 0.3) is 5.91 Å². The number of hydrogen-bond acceptors (Lipinski definition) is 2. The minimum Gasteiger partial charge on any atom is -0.349 e. The zero-order chi connectivity index (χ0) is 18.5. The third-order valence-electron chi connectivity index (χ3n) is 4.90. The fourth-order valence-corrected chi connectivity index (χ4v) is 3.28. The molecular weight excluding hydrogens is 331 g/mol. The topological polar surface area (TPSA) is 49.4 Å². The van der Waals surface area contributed by atoms with Gasteiger partial charge in [0.1, 0.15) is 5.82 Å². The van der Waals surface area contributed by atoms with Gasteiger partial charge in [0.05, 0.1) is 6.04 Å². The van der Waals surface area contributed by atoms with E-state index < -0.39 is 0 Å². The lowest BCUT2D eigenvalue weighted by atomic mass is 9.94. The van der Waals surface area contributed by atoms with E-state index >= 15 is 0 Å². The van der Waals surface area contributed by atoms with Gasteiger partial charge in [0.2, 0.25) is 5.91 Å². The Balaban J connectivity index is 1.52. The fraction of sp³-hybridized carbons (Fsp3) is 0.333. The number of carbonyl (C=O) groups is 2. The van der Waals surface area contributed by atoms with Crippen molar-refractivity contribution in [3.63, 3.8) is 0 Å². The van der Waals surface area contributed by atoms with Gasteiger partial charge in [-0.1, -0.05) is 30.3 Å². The highest BCUT2D eigenvalue weighted by atomic mass is 19.1. The number of nitrogens with one attached hydrogen (secondary N) is 1. The van der Waals surface area contributed by atoms with Crippen LogP contribution in [0, 0.1) is 11.7 Å². The molecule has 26 heavy (non-hydrogen) atoms. The summed E-state index contributed by atoms with van der Waals surface area (Å²) in [5.74, 6) is -0.514. The van der Waals surface area contributed by atoms with Crippen LogP contribution in [0.15, 0.2) is 54.6 Å². The van der Waals surface area contributed by atoms with E-state index in [1.54, 1.807) is 4.90 Å². The molecule has 2 amide bonds. The minimum absolute atomic E-state index is 0.0373. The van der Waals surface area contributed by atoms with Crippen LogP contribution >= 0.6 is 0 Å². The number of benzene rings is 2. The van der Waals surface area contributed by atoms with Gasteiger partial charge in [0.15, 0.2) is 0 Å². The van der Waals surface area contributed by atoms with Crippen molar-refractivity contribution in [2.24, 2.45) is 5.92 Å². The third-order valence-corrected chi connectivity index (χ3v) is 4.90. The molecule has 0 aromatic heterocycles. The molecule has 1 heterocycles. The fourth-order valence-electron chi connectivity index (χ4n) is 3.28. The predicted molar refractivity (Wildman–Crippen MR) is 98.0 cm³/mol. The molecule has 1 unspecified atom stereocenters. The summed E-state index contributed by atoms with van der Waals surface area (Å²) in [6.45, 7) is 3.04. The van der Waals surface area contributed by atoms with Crippen LogP contribution in [0.3, 0.4) is 0 Å². The van der Waals surface area contributed by atoms with E-state index in [4.69, 9.17) is 0 Å². The molecule has 2 aromatic rings. The van der Waals surface area contributed by atoms with E-state index in [0.717, 1.165) is 5.56 Å². The van der Waals surface area contributed by atoms with Crippen LogP contribution in [0.2, 0.25) is 0 Å². The standard InChI is InChI=1S/C21H23FN2O2/c1-15(16-5-3-2-4-6-16)23-20(25)17-11-13-24(14-12-17)21(26)18-7-9-19(22)10-8-18/h2-10,15,17H,11-14H2,1H3,(H,23,25). The minimum atomic E-state index is -0.357. The summed E-state index contributed by atoms with van der Waals surface area (Å²) in [4.78, 5) is 26.7. The molecule has 2 aromatic carbocycles. The van der Waals surface area contributed by atoms with Crippen LogP contribution in [0.5, 0.6) is 0 Å². The maximum absolute atomic E-state index is 13.0. The molecule has 0 saturated carbocycles. The number of likely N-dealkylation sites (tertiary alicyclic amines) is 1. The van der Waals surface area contributed by atoms with Gasteiger partial charge in [-0.25, -0.2) is 4.39 Å². The van der Waals surface area contributed by atoms with Gasteiger partial charge in [-0.2, -0.15) is 0 Å². The van der Waals surface area contributed by atoms with E-state index in [9.17, 15) is 14.0 Å². The largest absolute Gasteiger partial charge is 0.349 e. The predicted octanol–water partition coefficient (Wildman–Crippen LogP) is 3.56. The maximum atomic E-state index is 13.0. The lowest BCUT2D eigenvalue weighted by Gasteiger charge is -2.32. The van der Waals surface area contributed by atoms with Crippen molar-refractivity contribution in [3.05, 3.63) is 71.5 Å². The molecule has 3 rings (SSSR count). The highest BCUT2D eigenvalue weighted by Crippen LogP contribution is 2.21. The van der Waals surface area contributed by atoms with Gasteiger partial charge in [-0.15, -0.1) is 0 Å². The van der Waals surface area contributed by atoms with Crippen molar-refractivity contribution in [1.29, 1.82) is 0 Å². The molecule has 5 heteroatoms. The first-order valence-electron chi connectivity index (χ1n) is 8.95. The van der Waals surface area contributed by atoms with Crippen molar-refractivity contribution >= 4 is 11.8 Å². The van der Waals surface area contributed by atoms with Crippen LogP contribution < -0.4 is 5.32 Å². The van der Waals surface area contributed by atoms with Gasteiger partial charge >= 0.3 is 0 Å². The smallest absolute Gasteiger partial charge is 0.253 e. The third kappa shape index (κ3) is 4.28. The molecule has 1 aliphatic rings. The monoisotopic (exact) mass is 354 g/mol. The van der Waals surface area contributed by atoms with E-state index in [1.165, 1.54) is 24.3 Å². The number of carbonyl (C=O) groups excluding carboxylic acids is 2. The second kappa shape index (κ2) is 8.13. The first kappa shape index (κ1) is 18.1. The zero-order valence-electron chi connectivity index (χ0n) is 14.8. The number of amides is 2. The van der Waals surface area contributed by atoms with Crippen molar-refractivity contribution in [3.8, 4) is 0 Å². The Hall–Kier alpha value is -2.69. The Morgan fingerprint density at radius 2 is 1.65 bits per heavy atom. The number of piperidine rings is 1. The quantitative estimate of drug-likeness (QED) is 0.913. The number of hydrogen-bond donors (Lipinski definition) is 1. The summed E-state index contributed by atoms with van der Waals surface area (Å²) in [5.41, 5.74) is 1.55. The molecule has 4 nitrogen and oxygen atoms in total. The molecule has 0 spiro atoms. The SMILES string of the molecule is CC(NC(=O)C1CCN(C(=O)c2ccc(F)cc2)CC1)c1ccccc1. The first-order chi connectivity index (χ1) is 12.5. The molecule has 1 aliphatic heterocycles. The zero-order valence-corrected chi connectivity index (χ0v) is 14.8. The van der Waals surface area contributed by atoms with Crippen molar-refractivity contribution < 1.29 is 14.0 Å². The highest BCUT2D eigenvalue weighted by Gasteiger charge is 2.28. The Bertz CT molecular complexity index is 753. The second-order valence-corrected chi connectivity index (χ2v) is 6.71. The molecular formula is C21H23FN2O2.